The van der Waals surface area contributed by atoms with Crippen LogP contribution in [-0.4, -0.2) is 17.7 Å². The molecule has 3 aromatic rings. The molecule has 0 saturated carbocycles. The first-order chi connectivity index (χ1) is 16.8. The van der Waals surface area contributed by atoms with Crippen LogP contribution in [0.3, 0.4) is 0 Å². The quantitative estimate of drug-likeness (QED) is 0.292. The summed E-state index contributed by atoms with van der Waals surface area (Å²) in [6.45, 7) is 2.50. The van der Waals surface area contributed by atoms with Crippen molar-refractivity contribution in [1.29, 1.82) is 0 Å². The summed E-state index contributed by atoms with van der Waals surface area (Å²) in [5.74, 6) is 0.579. The number of hydrogen-bond donors (Lipinski definition) is 1. The van der Waals surface area contributed by atoms with Crippen molar-refractivity contribution >= 4 is 81.0 Å². The van der Waals surface area contributed by atoms with Gasteiger partial charge in [-0.25, -0.2) is 4.99 Å². The van der Waals surface area contributed by atoms with Crippen LogP contribution in [0.15, 0.2) is 64.5 Å². The maximum absolute atomic E-state index is 12.5. The van der Waals surface area contributed by atoms with Crippen LogP contribution in [0.25, 0.3) is 6.08 Å². The monoisotopic (exact) mass is 566 g/mol. The van der Waals surface area contributed by atoms with Crippen molar-refractivity contribution in [3.8, 4) is 11.5 Å². The number of rotatable bonds is 7. The smallest absolute Gasteiger partial charge is 0.264 e. The molecule has 1 aliphatic rings. The topological polar surface area (TPSA) is 59.9 Å². The zero-order valence-corrected chi connectivity index (χ0v) is 22.1. The zero-order chi connectivity index (χ0) is 24.9. The molecule has 0 aromatic heterocycles. The molecule has 4 rings (SSSR count). The summed E-state index contributed by atoms with van der Waals surface area (Å²) in [6.07, 6.45) is 1.71. The molecule has 1 heterocycles. The standard InChI is InChI=1S/C25H18Cl4N2O3S/c1-2-33-21-10-14(9-19(29)23(21)34-13-15-5-3-4-6-17(15)27)11-22-24(32)31-25(35-22)30-20-8-7-16(26)12-18(20)28/h3-12H,2,13H2,1H3,(H,30,31,32)/b22-11+. The van der Waals surface area contributed by atoms with Gasteiger partial charge in [-0.05, 0) is 66.7 Å². The maximum Gasteiger partial charge on any atom is 0.264 e. The first-order valence-electron chi connectivity index (χ1n) is 10.4. The van der Waals surface area contributed by atoms with Crippen LogP contribution in [0.2, 0.25) is 20.1 Å². The number of nitrogens with zero attached hydrogens (tertiary/aromatic N) is 1. The van der Waals surface area contributed by atoms with E-state index in [-0.39, 0.29) is 12.5 Å². The molecule has 5 nitrogen and oxygen atoms in total. The molecule has 1 N–H and O–H groups in total. The van der Waals surface area contributed by atoms with Gasteiger partial charge in [-0.1, -0.05) is 64.6 Å². The molecule has 0 atom stereocenters. The molecule has 10 heteroatoms. The Morgan fingerprint density at radius 2 is 1.77 bits per heavy atom. The normalized spacial score (nSPS) is 15.5. The molecule has 3 aromatic carbocycles. The lowest BCUT2D eigenvalue weighted by atomic mass is 10.1. The number of carbonyl (C=O) groups excluding carboxylic acids is 1. The van der Waals surface area contributed by atoms with Gasteiger partial charge in [-0.3, -0.25) is 4.79 Å². The molecule has 1 aliphatic heterocycles. The first-order valence-corrected chi connectivity index (χ1v) is 12.7. The van der Waals surface area contributed by atoms with E-state index in [1.807, 2.05) is 25.1 Å². The Morgan fingerprint density at radius 3 is 2.51 bits per heavy atom. The largest absolute Gasteiger partial charge is 0.490 e. The zero-order valence-electron chi connectivity index (χ0n) is 18.3. The Labute approximate surface area is 227 Å². The van der Waals surface area contributed by atoms with Crippen molar-refractivity contribution in [2.75, 3.05) is 6.61 Å². The van der Waals surface area contributed by atoms with Gasteiger partial charge in [-0.15, -0.1) is 0 Å². The SMILES string of the molecule is CCOc1cc(/C=C2/SC(=Nc3ccc(Cl)cc3Cl)NC2=O)cc(Cl)c1OCc1ccccc1Cl. The van der Waals surface area contributed by atoms with E-state index in [2.05, 4.69) is 10.3 Å². The van der Waals surface area contributed by atoms with Crippen LogP contribution >= 0.6 is 58.2 Å². The highest BCUT2D eigenvalue weighted by molar-refractivity contribution is 8.18. The maximum atomic E-state index is 12.5. The molecule has 1 amide bonds. The molecule has 0 unspecified atom stereocenters. The van der Waals surface area contributed by atoms with E-state index in [9.17, 15) is 4.79 Å². The molecule has 1 saturated heterocycles. The number of aliphatic imine (C=N–C) groups is 1. The van der Waals surface area contributed by atoms with Gasteiger partial charge in [0.2, 0.25) is 0 Å². The predicted molar refractivity (Wildman–Crippen MR) is 146 cm³/mol. The fourth-order valence-corrected chi connectivity index (χ4v) is 4.90. The molecule has 35 heavy (non-hydrogen) atoms. The molecular formula is C25H18Cl4N2O3S. The molecule has 0 aliphatic carbocycles. The van der Waals surface area contributed by atoms with Gasteiger partial charge in [0, 0.05) is 15.6 Å². The number of benzene rings is 3. The molecular weight excluding hydrogens is 550 g/mol. The Kier molecular flexibility index (Phi) is 8.52. The van der Waals surface area contributed by atoms with Gasteiger partial charge in [0.15, 0.2) is 16.7 Å². The second-order valence-corrected chi connectivity index (χ2v) is 9.91. The van der Waals surface area contributed by atoms with Crippen LogP contribution < -0.4 is 14.8 Å². The summed E-state index contributed by atoms with van der Waals surface area (Å²) in [5, 5.41) is 4.98. The third-order valence-electron chi connectivity index (χ3n) is 4.74. The summed E-state index contributed by atoms with van der Waals surface area (Å²) in [7, 11) is 0. The fourth-order valence-electron chi connectivity index (χ4n) is 3.15. The summed E-state index contributed by atoms with van der Waals surface area (Å²) in [4.78, 5) is 17.4. The minimum atomic E-state index is -0.285. The predicted octanol–water partition coefficient (Wildman–Crippen LogP) is 8.17. The lowest BCUT2D eigenvalue weighted by molar-refractivity contribution is -0.115. The highest BCUT2D eigenvalue weighted by Crippen LogP contribution is 2.39. The van der Waals surface area contributed by atoms with Gasteiger partial charge >= 0.3 is 0 Å². The van der Waals surface area contributed by atoms with E-state index < -0.39 is 0 Å². The third-order valence-corrected chi connectivity index (χ3v) is 6.84. The number of amidine groups is 1. The second kappa shape index (κ2) is 11.6. The summed E-state index contributed by atoms with van der Waals surface area (Å²) >= 11 is 26.1. The van der Waals surface area contributed by atoms with Gasteiger partial charge in [0.25, 0.3) is 5.91 Å². The Bertz CT molecular complexity index is 1340. The van der Waals surface area contributed by atoms with E-state index >= 15 is 0 Å². The van der Waals surface area contributed by atoms with Crippen molar-refractivity contribution in [2.45, 2.75) is 13.5 Å². The van der Waals surface area contributed by atoms with E-state index in [0.29, 0.717) is 59.5 Å². The number of amides is 1. The number of carbonyl (C=O) groups is 1. The van der Waals surface area contributed by atoms with Crippen molar-refractivity contribution in [3.63, 3.8) is 0 Å². The molecule has 1 fully saturated rings. The lowest BCUT2D eigenvalue weighted by Crippen LogP contribution is -2.19. The summed E-state index contributed by atoms with van der Waals surface area (Å²) < 4.78 is 11.7. The minimum absolute atomic E-state index is 0.227. The van der Waals surface area contributed by atoms with Crippen LogP contribution in [0.1, 0.15) is 18.1 Å². The van der Waals surface area contributed by atoms with Gasteiger partial charge in [0.05, 0.1) is 27.2 Å². The van der Waals surface area contributed by atoms with E-state index in [1.54, 1.807) is 42.5 Å². The third kappa shape index (κ3) is 6.46. The van der Waals surface area contributed by atoms with E-state index in [1.165, 1.54) is 11.8 Å². The lowest BCUT2D eigenvalue weighted by Gasteiger charge is -2.15. The van der Waals surface area contributed by atoms with Crippen LogP contribution in [-0.2, 0) is 11.4 Å². The molecule has 0 bridgehead atoms. The van der Waals surface area contributed by atoms with Crippen molar-refractivity contribution in [1.82, 2.24) is 5.32 Å². The van der Waals surface area contributed by atoms with Gasteiger partial charge in [0.1, 0.15) is 6.61 Å². The second-order valence-electron chi connectivity index (χ2n) is 7.22. The Morgan fingerprint density at radius 1 is 0.971 bits per heavy atom. The van der Waals surface area contributed by atoms with Crippen molar-refractivity contribution in [2.24, 2.45) is 4.99 Å². The number of halogens is 4. The van der Waals surface area contributed by atoms with Gasteiger partial charge in [-0.2, -0.15) is 0 Å². The van der Waals surface area contributed by atoms with Crippen LogP contribution in [0, 0.1) is 0 Å². The van der Waals surface area contributed by atoms with Crippen LogP contribution in [0.4, 0.5) is 5.69 Å². The first kappa shape index (κ1) is 25.7. The number of ether oxygens (including phenoxy) is 2. The average molecular weight is 568 g/mol. The summed E-state index contributed by atoms with van der Waals surface area (Å²) in [5.41, 5.74) is 2.00. The van der Waals surface area contributed by atoms with E-state index in [0.717, 1.165) is 5.56 Å². The minimum Gasteiger partial charge on any atom is -0.490 e. The highest BCUT2D eigenvalue weighted by atomic mass is 35.5. The number of nitrogens with one attached hydrogen (secondary N) is 1. The average Bonchev–Trinajstić information content (AvgIpc) is 3.15. The van der Waals surface area contributed by atoms with E-state index in [4.69, 9.17) is 55.9 Å². The van der Waals surface area contributed by atoms with Crippen molar-refractivity contribution < 1.29 is 14.3 Å². The highest BCUT2D eigenvalue weighted by Gasteiger charge is 2.24. The van der Waals surface area contributed by atoms with Crippen LogP contribution in [0.5, 0.6) is 11.5 Å². The van der Waals surface area contributed by atoms with Gasteiger partial charge < -0.3 is 14.8 Å². The molecule has 180 valence electrons. The Hall–Kier alpha value is -2.35. The number of thioether (sulfide) groups is 1. The summed E-state index contributed by atoms with van der Waals surface area (Å²) in [6, 6.07) is 15.8. The fraction of sp³-hybridized carbons (Fsp3) is 0.120. The molecule has 0 spiro atoms. The number of hydrogen-bond acceptors (Lipinski definition) is 5. The Balaban J connectivity index is 1.57. The van der Waals surface area contributed by atoms with Crippen molar-refractivity contribution in [3.05, 3.63) is 90.7 Å². The molecule has 0 radical (unpaired) electrons.